The SMILES string of the molecule is CCNC(=NCCNC(=O)C(C)(C)C)N(C)Cc1ccc(Cl)cc1. The number of benzene rings is 1. The summed E-state index contributed by atoms with van der Waals surface area (Å²) in [4.78, 5) is 18.5. The molecule has 1 aromatic carbocycles. The summed E-state index contributed by atoms with van der Waals surface area (Å²) in [5.41, 5.74) is 0.785. The summed E-state index contributed by atoms with van der Waals surface area (Å²) in [6, 6.07) is 7.78. The molecule has 134 valence electrons. The van der Waals surface area contributed by atoms with Gasteiger partial charge in [-0.2, -0.15) is 0 Å². The van der Waals surface area contributed by atoms with E-state index in [1.165, 1.54) is 0 Å². The molecule has 0 bridgehead atoms. The fourth-order valence-corrected chi connectivity index (χ4v) is 2.13. The standard InChI is InChI=1S/C18H29ClN4O/c1-6-20-17(22-12-11-21-16(24)18(2,3)4)23(5)13-14-7-9-15(19)10-8-14/h7-10H,6,11-13H2,1-5H3,(H,20,22)(H,21,24). The summed E-state index contributed by atoms with van der Waals surface area (Å²) in [7, 11) is 1.99. The van der Waals surface area contributed by atoms with Crippen LogP contribution in [0.3, 0.4) is 0 Å². The summed E-state index contributed by atoms with van der Waals surface area (Å²) < 4.78 is 0. The molecular weight excluding hydrogens is 324 g/mol. The third kappa shape index (κ3) is 7.21. The quantitative estimate of drug-likeness (QED) is 0.470. The number of amides is 1. The van der Waals surface area contributed by atoms with Gasteiger partial charge in [-0.25, -0.2) is 0 Å². The minimum atomic E-state index is -0.375. The first-order valence-corrected chi connectivity index (χ1v) is 8.64. The summed E-state index contributed by atoms with van der Waals surface area (Å²) in [5, 5.41) is 6.91. The van der Waals surface area contributed by atoms with Gasteiger partial charge in [0.15, 0.2) is 5.96 Å². The zero-order chi connectivity index (χ0) is 18.2. The van der Waals surface area contributed by atoms with Crippen molar-refractivity contribution in [1.29, 1.82) is 0 Å². The van der Waals surface area contributed by atoms with Crippen LogP contribution in [0.25, 0.3) is 0 Å². The number of carbonyl (C=O) groups is 1. The van der Waals surface area contributed by atoms with Gasteiger partial charge in [0, 0.05) is 37.1 Å². The van der Waals surface area contributed by atoms with Crippen LogP contribution in [0.2, 0.25) is 5.02 Å². The number of guanidine groups is 1. The molecule has 0 fully saturated rings. The Morgan fingerprint density at radius 2 is 1.83 bits per heavy atom. The molecule has 2 N–H and O–H groups in total. The fraction of sp³-hybridized carbons (Fsp3) is 0.556. The highest BCUT2D eigenvalue weighted by atomic mass is 35.5. The maximum absolute atomic E-state index is 11.8. The van der Waals surface area contributed by atoms with E-state index in [0.29, 0.717) is 13.1 Å². The highest BCUT2D eigenvalue weighted by Crippen LogP contribution is 2.12. The lowest BCUT2D eigenvalue weighted by Crippen LogP contribution is -2.40. The Labute approximate surface area is 150 Å². The number of rotatable bonds is 6. The van der Waals surface area contributed by atoms with Gasteiger partial charge in [-0.1, -0.05) is 44.5 Å². The maximum Gasteiger partial charge on any atom is 0.225 e. The Morgan fingerprint density at radius 3 is 2.38 bits per heavy atom. The van der Waals surface area contributed by atoms with Crippen molar-refractivity contribution in [2.75, 3.05) is 26.7 Å². The lowest BCUT2D eigenvalue weighted by Gasteiger charge is -2.22. The van der Waals surface area contributed by atoms with E-state index < -0.39 is 0 Å². The predicted molar refractivity (Wildman–Crippen MR) is 101 cm³/mol. The van der Waals surface area contributed by atoms with Crippen molar-refractivity contribution in [1.82, 2.24) is 15.5 Å². The van der Waals surface area contributed by atoms with Crippen LogP contribution in [0, 0.1) is 5.41 Å². The predicted octanol–water partition coefficient (Wildman–Crippen LogP) is 2.90. The molecule has 0 aliphatic rings. The molecule has 0 aliphatic carbocycles. The van der Waals surface area contributed by atoms with E-state index in [0.717, 1.165) is 29.6 Å². The Morgan fingerprint density at radius 1 is 1.21 bits per heavy atom. The zero-order valence-electron chi connectivity index (χ0n) is 15.3. The molecule has 0 saturated heterocycles. The average molecular weight is 353 g/mol. The molecule has 1 rings (SSSR count). The maximum atomic E-state index is 11.8. The van der Waals surface area contributed by atoms with Gasteiger partial charge in [0.1, 0.15) is 0 Å². The first-order valence-electron chi connectivity index (χ1n) is 8.26. The molecule has 24 heavy (non-hydrogen) atoms. The molecule has 0 saturated carbocycles. The Hall–Kier alpha value is -1.75. The van der Waals surface area contributed by atoms with Gasteiger partial charge in [0.25, 0.3) is 0 Å². The van der Waals surface area contributed by atoms with Gasteiger partial charge < -0.3 is 15.5 Å². The van der Waals surface area contributed by atoms with Crippen molar-refractivity contribution in [3.05, 3.63) is 34.9 Å². The second-order valence-corrected chi connectivity index (χ2v) is 7.16. The normalized spacial score (nSPS) is 12.0. The van der Waals surface area contributed by atoms with Crippen LogP contribution in [0.5, 0.6) is 0 Å². The van der Waals surface area contributed by atoms with Crippen LogP contribution in [0.1, 0.15) is 33.3 Å². The summed E-state index contributed by atoms with van der Waals surface area (Å²) >= 11 is 5.92. The Bertz CT molecular complexity index is 549. The second-order valence-electron chi connectivity index (χ2n) is 6.72. The van der Waals surface area contributed by atoms with Crippen LogP contribution in [0.15, 0.2) is 29.3 Å². The van der Waals surface area contributed by atoms with Crippen molar-refractivity contribution >= 4 is 23.5 Å². The van der Waals surface area contributed by atoms with Crippen molar-refractivity contribution in [2.24, 2.45) is 10.4 Å². The number of aliphatic imine (C=N–C) groups is 1. The second kappa shape index (κ2) is 9.52. The first kappa shape index (κ1) is 20.3. The van der Waals surface area contributed by atoms with Gasteiger partial charge in [-0.05, 0) is 24.6 Å². The molecular formula is C18H29ClN4O. The largest absolute Gasteiger partial charge is 0.357 e. The van der Waals surface area contributed by atoms with Gasteiger partial charge >= 0.3 is 0 Å². The molecule has 0 aliphatic heterocycles. The van der Waals surface area contributed by atoms with Crippen LogP contribution in [-0.4, -0.2) is 43.4 Å². The van der Waals surface area contributed by atoms with E-state index in [9.17, 15) is 4.79 Å². The van der Waals surface area contributed by atoms with Crippen LogP contribution < -0.4 is 10.6 Å². The van der Waals surface area contributed by atoms with Crippen molar-refractivity contribution < 1.29 is 4.79 Å². The van der Waals surface area contributed by atoms with Crippen molar-refractivity contribution in [2.45, 2.75) is 34.2 Å². The third-order valence-corrected chi connectivity index (χ3v) is 3.62. The van der Waals surface area contributed by atoms with Crippen molar-refractivity contribution in [3.63, 3.8) is 0 Å². The summed E-state index contributed by atoms with van der Waals surface area (Å²) in [6.07, 6.45) is 0. The van der Waals surface area contributed by atoms with E-state index >= 15 is 0 Å². The lowest BCUT2D eigenvalue weighted by molar-refractivity contribution is -0.128. The number of carbonyl (C=O) groups excluding carboxylic acids is 1. The van der Waals surface area contributed by atoms with Crippen molar-refractivity contribution in [3.8, 4) is 0 Å². The molecule has 0 spiro atoms. The van der Waals surface area contributed by atoms with Gasteiger partial charge in [0.2, 0.25) is 5.91 Å². The van der Waals surface area contributed by atoms with Crippen LogP contribution in [-0.2, 0) is 11.3 Å². The van der Waals surface area contributed by atoms with Gasteiger partial charge in [-0.3, -0.25) is 9.79 Å². The molecule has 0 unspecified atom stereocenters. The molecule has 6 heteroatoms. The minimum absolute atomic E-state index is 0.0391. The van der Waals surface area contributed by atoms with Gasteiger partial charge in [0.05, 0.1) is 6.54 Å². The van der Waals surface area contributed by atoms with Gasteiger partial charge in [-0.15, -0.1) is 0 Å². The molecule has 0 radical (unpaired) electrons. The van der Waals surface area contributed by atoms with E-state index in [1.54, 1.807) is 0 Å². The molecule has 0 atom stereocenters. The first-order chi connectivity index (χ1) is 11.2. The smallest absolute Gasteiger partial charge is 0.225 e. The summed E-state index contributed by atoms with van der Waals surface area (Å²) in [5.74, 6) is 0.856. The number of hydrogen-bond acceptors (Lipinski definition) is 2. The van der Waals surface area contributed by atoms with E-state index in [2.05, 4.69) is 20.5 Å². The van der Waals surface area contributed by atoms with Crippen LogP contribution in [0.4, 0.5) is 0 Å². The highest BCUT2D eigenvalue weighted by Gasteiger charge is 2.20. The molecule has 1 amide bonds. The molecule has 0 aromatic heterocycles. The molecule has 1 aromatic rings. The van der Waals surface area contributed by atoms with Crippen LogP contribution >= 0.6 is 11.6 Å². The lowest BCUT2D eigenvalue weighted by atomic mass is 9.96. The Kier molecular flexibility index (Phi) is 8.05. The third-order valence-electron chi connectivity index (χ3n) is 3.37. The monoisotopic (exact) mass is 352 g/mol. The van der Waals surface area contributed by atoms with E-state index in [-0.39, 0.29) is 11.3 Å². The fourth-order valence-electron chi connectivity index (χ4n) is 2.00. The van der Waals surface area contributed by atoms with E-state index in [4.69, 9.17) is 11.6 Å². The Balaban J connectivity index is 2.57. The minimum Gasteiger partial charge on any atom is -0.357 e. The van der Waals surface area contributed by atoms with E-state index in [1.807, 2.05) is 59.0 Å². The average Bonchev–Trinajstić information content (AvgIpc) is 2.51. The molecule has 5 nitrogen and oxygen atoms in total. The number of nitrogens with zero attached hydrogens (tertiary/aromatic N) is 2. The summed E-state index contributed by atoms with van der Waals surface area (Å²) in [6.45, 7) is 10.3. The number of nitrogens with one attached hydrogen (secondary N) is 2. The highest BCUT2D eigenvalue weighted by molar-refractivity contribution is 6.30. The topological polar surface area (TPSA) is 56.7 Å². The number of hydrogen-bond donors (Lipinski definition) is 2. The zero-order valence-corrected chi connectivity index (χ0v) is 16.1. The molecule has 0 heterocycles. The number of halogens is 1.